The summed E-state index contributed by atoms with van der Waals surface area (Å²) in [6.07, 6.45) is 0. The van der Waals surface area contributed by atoms with E-state index in [1.54, 1.807) is 0 Å². The van der Waals surface area contributed by atoms with Crippen LogP contribution in [-0.2, 0) is 6.54 Å². The molecule has 0 radical (unpaired) electrons. The van der Waals surface area contributed by atoms with Gasteiger partial charge in [0.15, 0.2) is 5.78 Å². The van der Waals surface area contributed by atoms with Crippen molar-refractivity contribution >= 4 is 48.5 Å². The largest absolute Gasteiger partial charge is 0.336 e. The van der Waals surface area contributed by atoms with E-state index in [9.17, 15) is 4.79 Å². The maximum atomic E-state index is 12.5. The fraction of sp³-hybridized carbons (Fsp3) is 0.118. The van der Waals surface area contributed by atoms with Crippen molar-refractivity contribution < 1.29 is 4.79 Å². The Morgan fingerprint density at radius 1 is 1.10 bits per heavy atom. The van der Waals surface area contributed by atoms with Crippen LogP contribution in [0.3, 0.4) is 0 Å². The first-order chi connectivity index (χ1) is 10.1. The van der Waals surface area contributed by atoms with Crippen LogP contribution in [0.1, 0.15) is 16.1 Å². The fourth-order valence-electron chi connectivity index (χ4n) is 2.49. The number of ketones is 1. The minimum Gasteiger partial charge on any atom is -0.336 e. The predicted octanol–water partition coefficient (Wildman–Crippen LogP) is 5.36. The van der Waals surface area contributed by atoms with E-state index in [0.717, 1.165) is 31.1 Å². The Morgan fingerprint density at radius 2 is 1.86 bits per heavy atom. The highest BCUT2D eigenvalue weighted by Gasteiger charge is 2.15. The zero-order valence-electron chi connectivity index (χ0n) is 11.4. The summed E-state index contributed by atoms with van der Waals surface area (Å²) in [5.74, 6) is 0.104. The molecule has 3 rings (SSSR count). The molecule has 0 fully saturated rings. The number of fused-ring (bicyclic) bond motifs is 1. The van der Waals surface area contributed by atoms with Gasteiger partial charge in [-0.1, -0.05) is 46.3 Å². The molecule has 0 aliphatic heterocycles. The number of benzene rings is 2. The van der Waals surface area contributed by atoms with Gasteiger partial charge < -0.3 is 4.57 Å². The molecule has 0 N–H and O–H groups in total. The van der Waals surface area contributed by atoms with E-state index in [4.69, 9.17) is 0 Å². The Balaban J connectivity index is 2.02. The summed E-state index contributed by atoms with van der Waals surface area (Å²) < 4.78 is 4.03. The second kappa shape index (κ2) is 5.78. The third kappa shape index (κ3) is 2.70. The highest BCUT2D eigenvalue weighted by Crippen LogP contribution is 2.30. The maximum Gasteiger partial charge on any atom is 0.182 e. The molecule has 2 aromatic carbocycles. The Labute approximate surface area is 140 Å². The minimum absolute atomic E-state index is 0.104. The van der Waals surface area contributed by atoms with Gasteiger partial charge in [-0.25, -0.2) is 0 Å². The molecule has 0 bridgehead atoms. The second-order valence-electron chi connectivity index (χ2n) is 4.94. The van der Waals surface area contributed by atoms with Crippen molar-refractivity contribution in [1.29, 1.82) is 0 Å². The summed E-state index contributed by atoms with van der Waals surface area (Å²) in [6, 6.07) is 15.6. The quantitative estimate of drug-likeness (QED) is 0.536. The van der Waals surface area contributed by atoms with Gasteiger partial charge in [-0.2, -0.15) is 0 Å². The molecule has 106 valence electrons. The first kappa shape index (κ1) is 14.5. The van der Waals surface area contributed by atoms with Gasteiger partial charge in [0.2, 0.25) is 0 Å². The number of carbonyl (C=O) groups excluding carboxylic acids is 1. The van der Waals surface area contributed by atoms with Crippen molar-refractivity contribution in [3.63, 3.8) is 0 Å². The highest BCUT2D eigenvalue weighted by atomic mass is 79.9. The minimum atomic E-state index is 0.104. The third-order valence-electron chi connectivity index (χ3n) is 3.60. The first-order valence-electron chi connectivity index (χ1n) is 6.60. The number of nitrogens with zero attached hydrogens (tertiary/aromatic N) is 1. The monoisotopic (exact) mass is 405 g/mol. The van der Waals surface area contributed by atoms with Crippen LogP contribution in [0.5, 0.6) is 0 Å². The molecule has 1 aromatic heterocycles. The van der Waals surface area contributed by atoms with Crippen molar-refractivity contribution in [3.8, 4) is 0 Å². The van der Waals surface area contributed by atoms with E-state index >= 15 is 0 Å². The predicted molar refractivity (Wildman–Crippen MR) is 92.8 cm³/mol. The lowest BCUT2D eigenvalue weighted by molar-refractivity contribution is 0.0973. The molecular formula is C17H13Br2NO. The summed E-state index contributed by atoms with van der Waals surface area (Å²) in [4.78, 5) is 12.5. The molecule has 0 spiro atoms. The normalized spacial score (nSPS) is 11.0. The smallest absolute Gasteiger partial charge is 0.182 e. The fourth-order valence-corrected chi connectivity index (χ4v) is 3.44. The molecule has 3 aromatic rings. The molecule has 0 aliphatic carbocycles. The van der Waals surface area contributed by atoms with Crippen LogP contribution in [0.2, 0.25) is 0 Å². The zero-order valence-corrected chi connectivity index (χ0v) is 14.6. The molecule has 0 atom stereocenters. The van der Waals surface area contributed by atoms with Gasteiger partial charge in [-0.3, -0.25) is 4.79 Å². The van der Waals surface area contributed by atoms with Gasteiger partial charge >= 0.3 is 0 Å². The average Bonchev–Trinajstić information content (AvgIpc) is 2.73. The van der Waals surface area contributed by atoms with Gasteiger partial charge in [0.1, 0.15) is 0 Å². The molecule has 21 heavy (non-hydrogen) atoms. The van der Waals surface area contributed by atoms with Crippen LogP contribution >= 0.6 is 31.9 Å². The lowest BCUT2D eigenvalue weighted by Gasteiger charge is -2.08. The highest BCUT2D eigenvalue weighted by molar-refractivity contribution is 9.11. The van der Waals surface area contributed by atoms with Crippen molar-refractivity contribution in [1.82, 2.24) is 4.57 Å². The number of halogens is 2. The van der Waals surface area contributed by atoms with Crippen LogP contribution in [0.25, 0.3) is 10.9 Å². The van der Waals surface area contributed by atoms with Crippen LogP contribution < -0.4 is 0 Å². The Morgan fingerprint density at radius 3 is 2.62 bits per heavy atom. The van der Waals surface area contributed by atoms with Crippen LogP contribution in [-0.4, -0.2) is 10.4 Å². The van der Waals surface area contributed by atoms with Crippen molar-refractivity contribution in [3.05, 3.63) is 68.7 Å². The van der Waals surface area contributed by atoms with Crippen LogP contribution in [0.4, 0.5) is 0 Å². The summed E-state index contributed by atoms with van der Waals surface area (Å²) >= 11 is 7.03. The average molecular weight is 407 g/mol. The standard InChI is InChI=1S/C17H13Br2NO/c1-11-17(19)14-7-2-3-8-15(14)20(11)10-16(21)12-5-4-6-13(18)9-12/h2-9H,10H2,1H3. The second-order valence-corrected chi connectivity index (χ2v) is 6.64. The molecule has 4 heteroatoms. The Kier molecular flexibility index (Phi) is 4.00. The number of para-hydroxylation sites is 1. The van der Waals surface area contributed by atoms with Crippen molar-refractivity contribution in [2.45, 2.75) is 13.5 Å². The zero-order chi connectivity index (χ0) is 15.0. The van der Waals surface area contributed by atoms with E-state index in [1.807, 2.05) is 49.4 Å². The van der Waals surface area contributed by atoms with Crippen molar-refractivity contribution in [2.24, 2.45) is 0 Å². The van der Waals surface area contributed by atoms with Crippen LogP contribution in [0.15, 0.2) is 57.5 Å². The topological polar surface area (TPSA) is 22.0 Å². The SMILES string of the molecule is Cc1c(Br)c2ccccc2n1CC(=O)c1cccc(Br)c1. The van der Waals surface area contributed by atoms with Gasteiger partial charge in [0, 0.05) is 31.1 Å². The first-order valence-corrected chi connectivity index (χ1v) is 8.18. The number of Topliss-reactive ketones (excluding diaryl/α,β-unsaturated/α-hetero) is 1. The van der Waals surface area contributed by atoms with E-state index in [2.05, 4.69) is 42.5 Å². The van der Waals surface area contributed by atoms with Gasteiger partial charge in [0.25, 0.3) is 0 Å². The van der Waals surface area contributed by atoms with E-state index in [0.29, 0.717) is 6.54 Å². The summed E-state index contributed by atoms with van der Waals surface area (Å²) in [7, 11) is 0. The number of hydrogen-bond donors (Lipinski definition) is 0. The number of carbonyl (C=O) groups is 1. The Hall–Kier alpha value is -1.39. The molecular weight excluding hydrogens is 394 g/mol. The number of rotatable bonds is 3. The van der Waals surface area contributed by atoms with Crippen LogP contribution in [0, 0.1) is 6.92 Å². The van der Waals surface area contributed by atoms with E-state index in [1.165, 1.54) is 0 Å². The van der Waals surface area contributed by atoms with Gasteiger partial charge in [0.05, 0.1) is 6.54 Å². The van der Waals surface area contributed by atoms with Crippen molar-refractivity contribution in [2.75, 3.05) is 0 Å². The molecule has 0 saturated carbocycles. The summed E-state index contributed by atoms with van der Waals surface area (Å²) in [5.41, 5.74) is 2.86. The third-order valence-corrected chi connectivity index (χ3v) is 5.10. The summed E-state index contributed by atoms with van der Waals surface area (Å²) in [5, 5.41) is 1.14. The molecule has 2 nitrogen and oxygen atoms in total. The van der Waals surface area contributed by atoms with Gasteiger partial charge in [-0.15, -0.1) is 0 Å². The lowest BCUT2D eigenvalue weighted by Crippen LogP contribution is -2.11. The van der Waals surface area contributed by atoms with E-state index < -0.39 is 0 Å². The summed E-state index contributed by atoms with van der Waals surface area (Å²) in [6.45, 7) is 2.37. The van der Waals surface area contributed by atoms with Gasteiger partial charge in [-0.05, 0) is 41.1 Å². The number of hydrogen-bond acceptors (Lipinski definition) is 1. The van der Waals surface area contributed by atoms with E-state index in [-0.39, 0.29) is 5.78 Å². The molecule has 0 saturated heterocycles. The molecule has 0 aliphatic rings. The molecule has 1 heterocycles. The lowest BCUT2D eigenvalue weighted by atomic mass is 10.1. The Bertz CT molecular complexity index is 836. The molecule has 0 amide bonds. The molecule has 0 unspecified atom stereocenters. The number of aromatic nitrogens is 1. The maximum absolute atomic E-state index is 12.5.